The maximum atomic E-state index is 11.1. The molecular weight excluding hydrogens is 318 g/mol. The summed E-state index contributed by atoms with van der Waals surface area (Å²) in [4.78, 5) is 0. The summed E-state index contributed by atoms with van der Waals surface area (Å²) in [5.41, 5.74) is 0.945. The van der Waals surface area contributed by atoms with Crippen LogP contribution in [0.4, 0.5) is 0 Å². The van der Waals surface area contributed by atoms with Crippen LogP contribution in [0.1, 0.15) is 5.56 Å². The van der Waals surface area contributed by atoms with Crippen LogP contribution in [-0.2, 0) is 6.42 Å². The number of benzene rings is 1. The number of hydrogen-bond donors (Lipinski definition) is 0. The number of nitrogens with zero attached hydrogens (tertiary/aromatic N) is 1. The standard InChI is InChI=1S/C13H11BrClNO2/c14-12-8-11(3-4-13(12)15)18-7-5-10-2-1-6-16(17)9-10/h1-4,6,8-9H,5,7H2. The first-order chi connectivity index (χ1) is 8.65. The van der Waals surface area contributed by atoms with Gasteiger partial charge < -0.3 is 9.94 Å². The number of hydrogen-bond acceptors (Lipinski definition) is 2. The summed E-state index contributed by atoms with van der Waals surface area (Å²) in [6, 6.07) is 9.03. The molecule has 0 bridgehead atoms. The van der Waals surface area contributed by atoms with Crippen LogP contribution in [0.15, 0.2) is 47.2 Å². The molecule has 0 saturated heterocycles. The van der Waals surface area contributed by atoms with Crippen molar-refractivity contribution in [2.75, 3.05) is 6.61 Å². The molecule has 0 unspecified atom stereocenters. The highest BCUT2D eigenvalue weighted by atomic mass is 79.9. The van der Waals surface area contributed by atoms with Crippen molar-refractivity contribution < 1.29 is 9.47 Å². The number of aromatic nitrogens is 1. The Hall–Kier alpha value is -1.26. The Labute approximate surface area is 119 Å². The van der Waals surface area contributed by atoms with Crippen molar-refractivity contribution in [3.05, 3.63) is 63.0 Å². The predicted octanol–water partition coefficient (Wildman–Crippen LogP) is 3.36. The minimum atomic E-state index is 0.512. The number of halogens is 2. The van der Waals surface area contributed by atoms with Gasteiger partial charge in [0.2, 0.25) is 0 Å². The van der Waals surface area contributed by atoms with Crippen LogP contribution in [0.3, 0.4) is 0 Å². The molecule has 5 heteroatoms. The van der Waals surface area contributed by atoms with Gasteiger partial charge in [-0.3, -0.25) is 0 Å². The van der Waals surface area contributed by atoms with E-state index in [-0.39, 0.29) is 0 Å². The predicted molar refractivity (Wildman–Crippen MR) is 73.8 cm³/mol. The molecule has 0 radical (unpaired) electrons. The summed E-state index contributed by atoms with van der Waals surface area (Å²) in [6.45, 7) is 0.512. The van der Waals surface area contributed by atoms with Gasteiger partial charge in [0.15, 0.2) is 12.4 Å². The van der Waals surface area contributed by atoms with Gasteiger partial charge in [0.1, 0.15) is 5.75 Å². The quantitative estimate of drug-likeness (QED) is 0.637. The summed E-state index contributed by atoms with van der Waals surface area (Å²) in [6.07, 6.45) is 3.69. The lowest BCUT2D eigenvalue weighted by molar-refractivity contribution is -0.605. The summed E-state index contributed by atoms with van der Waals surface area (Å²) < 4.78 is 7.18. The van der Waals surface area contributed by atoms with E-state index in [4.69, 9.17) is 16.3 Å². The third-order valence-corrected chi connectivity index (χ3v) is 3.60. The molecule has 2 aromatic rings. The lowest BCUT2D eigenvalue weighted by Crippen LogP contribution is -2.25. The van der Waals surface area contributed by atoms with Crippen molar-refractivity contribution in [3.63, 3.8) is 0 Å². The van der Waals surface area contributed by atoms with E-state index in [1.165, 1.54) is 6.20 Å². The highest BCUT2D eigenvalue weighted by Gasteiger charge is 2.01. The first kappa shape index (κ1) is 13.2. The van der Waals surface area contributed by atoms with Gasteiger partial charge in [-0.1, -0.05) is 11.6 Å². The van der Waals surface area contributed by atoms with E-state index < -0.39 is 0 Å². The van der Waals surface area contributed by atoms with Crippen LogP contribution in [-0.4, -0.2) is 6.61 Å². The fraction of sp³-hybridized carbons (Fsp3) is 0.154. The average molecular weight is 329 g/mol. The largest absolute Gasteiger partial charge is 0.619 e. The van der Waals surface area contributed by atoms with E-state index in [9.17, 15) is 5.21 Å². The molecule has 3 nitrogen and oxygen atoms in total. The number of ether oxygens (including phenoxy) is 1. The van der Waals surface area contributed by atoms with E-state index in [2.05, 4.69) is 15.9 Å². The van der Waals surface area contributed by atoms with E-state index in [0.717, 1.165) is 20.5 Å². The second kappa shape index (κ2) is 6.07. The zero-order valence-corrected chi connectivity index (χ0v) is 11.8. The Morgan fingerprint density at radius 2 is 2.17 bits per heavy atom. The molecule has 18 heavy (non-hydrogen) atoms. The Morgan fingerprint density at radius 1 is 1.33 bits per heavy atom. The third kappa shape index (κ3) is 3.62. The van der Waals surface area contributed by atoms with Crippen molar-refractivity contribution in [1.29, 1.82) is 0 Å². The van der Waals surface area contributed by atoms with Crippen molar-refractivity contribution in [2.45, 2.75) is 6.42 Å². The van der Waals surface area contributed by atoms with Crippen molar-refractivity contribution in [3.8, 4) is 5.75 Å². The van der Waals surface area contributed by atoms with Crippen LogP contribution in [0.25, 0.3) is 0 Å². The Kier molecular flexibility index (Phi) is 4.44. The zero-order chi connectivity index (χ0) is 13.0. The summed E-state index contributed by atoms with van der Waals surface area (Å²) >= 11 is 9.22. The van der Waals surface area contributed by atoms with Crippen LogP contribution < -0.4 is 9.47 Å². The summed E-state index contributed by atoms with van der Waals surface area (Å²) in [5, 5.41) is 11.7. The lowest BCUT2D eigenvalue weighted by Gasteiger charge is -2.07. The number of rotatable bonds is 4. The van der Waals surface area contributed by atoms with Crippen LogP contribution in [0, 0.1) is 5.21 Å². The maximum absolute atomic E-state index is 11.1. The van der Waals surface area contributed by atoms with E-state index in [1.54, 1.807) is 18.3 Å². The fourth-order valence-electron chi connectivity index (χ4n) is 1.50. The molecule has 0 fully saturated rings. The lowest BCUT2D eigenvalue weighted by atomic mass is 10.2. The highest BCUT2D eigenvalue weighted by molar-refractivity contribution is 9.10. The first-order valence-electron chi connectivity index (χ1n) is 5.41. The molecule has 1 aromatic carbocycles. The number of pyridine rings is 1. The van der Waals surface area contributed by atoms with Crippen LogP contribution in [0.2, 0.25) is 5.02 Å². The molecule has 2 rings (SSSR count). The van der Waals surface area contributed by atoms with Crippen molar-refractivity contribution >= 4 is 27.5 Å². The van der Waals surface area contributed by atoms with E-state index >= 15 is 0 Å². The Bertz CT molecular complexity index is 548. The molecule has 0 N–H and O–H groups in total. The minimum Gasteiger partial charge on any atom is -0.619 e. The van der Waals surface area contributed by atoms with Gasteiger partial charge in [-0.2, -0.15) is 4.73 Å². The SMILES string of the molecule is [O-][n+]1cccc(CCOc2ccc(Cl)c(Br)c2)c1. The topological polar surface area (TPSA) is 36.2 Å². The van der Waals surface area contributed by atoms with Gasteiger partial charge in [0.05, 0.1) is 11.6 Å². The second-order valence-corrected chi connectivity index (χ2v) is 5.01. The fourth-order valence-corrected chi connectivity index (χ4v) is 1.98. The zero-order valence-electron chi connectivity index (χ0n) is 9.48. The van der Waals surface area contributed by atoms with Crippen molar-refractivity contribution in [2.24, 2.45) is 0 Å². The van der Waals surface area contributed by atoms with Crippen molar-refractivity contribution in [1.82, 2.24) is 0 Å². The molecule has 0 saturated carbocycles. The third-order valence-electron chi connectivity index (χ3n) is 2.39. The van der Waals surface area contributed by atoms with Crippen LogP contribution in [0.5, 0.6) is 5.75 Å². The highest BCUT2D eigenvalue weighted by Crippen LogP contribution is 2.26. The monoisotopic (exact) mass is 327 g/mol. The molecule has 1 heterocycles. The molecule has 94 valence electrons. The molecule has 1 aromatic heterocycles. The summed E-state index contributed by atoms with van der Waals surface area (Å²) in [5.74, 6) is 0.747. The van der Waals surface area contributed by atoms with Gasteiger partial charge >= 0.3 is 0 Å². The molecule has 0 atom stereocenters. The van der Waals surface area contributed by atoms with E-state index in [0.29, 0.717) is 18.1 Å². The maximum Gasteiger partial charge on any atom is 0.183 e. The molecule has 0 aliphatic carbocycles. The van der Waals surface area contributed by atoms with Gasteiger partial charge in [-0.05, 0) is 40.2 Å². The smallest absolute Gasteiger partial charge is 0.183 e. The summed E-state index contributed by atoms with van der Waals surface area (Å²) in [7, 11) is 0. The first-order valence-corrected chi connectivity index (χ1v) is 6.58. The molecule has 0 spiro atoms. The Morgan fingerprint density at radius 3 is 2.89 bits per heavy atom. The van der Waals surface area contributed by atoms with Gasteiger partial charge in [0, 0.05) is 22.5 Å². The minimum absolute atomic E-state index is 0.512. The van der Waals surface area contributed by atoms with Crippen LogP contribution >= 0.6 is 27.5 Å². The average Bonchev–Trinajstić information content (AvgIpc) is 2.34. The van der Waals surface area contributed by atoms with E-state index in [1.807, 2.05) is 18.2 Å². The van der Waals surface area contributed by atoms with Gasteiger partial charge in [-0.25, -0.2) is 0 Å². The Balaban J connectivity index is 1.90. The molecular formula is C13H11BrClNO2. The van der Waals surface area contributed by atoms with Gasteiger partial charge in [0.25, 0.3) is 0 Å². The molecule has 0 aliphatic heterocycles. The second-order valence-electron chi connectivity index (χ2n) is 3.75. The molecule has 0 amide bonds. The molecule has 0 aliphatic rings. The normalized spacial score (nSPS) is 10.3. The van der Waals surface area contributed by atoms with Gasteiger partial charge in [-0.15, -0.1) is 0 Å².